The minimum atomic E-state index is -1.52. The van der Waals surface area contributed by atoms with Gasteiger partial charge in [0.05, 0.1) is 18.3 Å². The quantitative estimate of drug-likeness (QED) is 0.854. The van der Waals surface area contributed by atoms with Crippen LogP contribution in [-0.2, 0) is 6.54 Å². The van der Waals surface area contributed by atoms with Crippen LogP contribution < -0.4 is 5.32 Å². The van der Waals surface area contributed by atoms with Crippen molar-refractivity contribution >= 4 is 0 Å². The fourth-order valence-electron chi connectivity index (χ4n) is 1.70. The number of rotatable bonds is 5. The molecule has 0 fully saturated rings. The predicted octanol–water partition coefficient (Wildman–Crippen LogP) is 3.50. The Morgan fingerprint density at radius 1 is 1.20 bits per heavy atom. The van der Waals surface area contributed by atoms with E-state index in [9.17, 15) is 13.2 Å². The van der Waals surface area contributed by atoms with Crippen molar-refractivity contribution in [3.05, 3.63) is 41.7 Å². The number of hydrogen-bond donors (Lipinski definition) is 1. The van der Waals surface area contributed by atoms with Crippen LogP contribution in [0, 0.1) is 23.4 Å². The largest absolute Gasteiger partial charge is 0.439 e. The van der Waals surface area contributed by atoms with E-state index in [4.69, 9.17) is 4.42 Å². The monoisotopic (exact) mass is 284 g/mol. The molecule has 1 N–H and O–H groups in total. The molecule has 1 aromatic carbocycles. The van der Waals surface area contributed by atoms with Crippen molar-refractivity contribution in [2.45, 2.75) is 20.4 Å². The zero-order valence-corrected chi connectivity index (χ0v) is 11.2. The molecular formula is C14H15F3N2O. The highest BCUT2D eigenvalue weighted by Gasteiger charge is 2.17. The Hall–Kier alpha value is -1.82. The van der Waals surface area contributed by atoms with Crippen LogP contribution in [0.2, 0.25) is 0 Å². The molecule has 0 spiro atoms. The Bertz CT molecular complexity index is 596. The van der Waals surface area contributed by atoms with Crippen LogP contribution in [0.15, 0.2) is 22.7 Å². The molecule has 1 heterocycles. The summed E-state index contributed by atoms with van der Waals surface area (Å²) in [5.74, 6) is -3.11. The van der Waals surface area contributed by atoms with Gasteiger partial charge in [-0.2, -0.15) is 0 Å². The second-order valence-corrected chi connectivity index (χ2v) is 4.87. The fraction of sp³-hybridized carbons (Fsp3) is 0.357. The van der Waals surface area contributed by atoms with Gasteiger partial charge in [0, 0.05) is 0 Å². The van der Waals surface area contributed by atoms with E-state index in [0.717, 1.165) is 18.7 Å². The number of hydrogen-bond acceptors (Lipinski definition) is 3. The predicted molar refractivity (Wildman–Crippen MR) is 68.4 cm³/mol. The van der Waals surface area contributed by atoms with Crippen LogP contribution in [0.3, 0.4) is 0 Å². The summed E-state index contributed by atoms with van der Waals surface area (Å²) in [6.07, 6.45) is 1.29. The third-order valence-electron chi connectivity index (χ3n) is 2.68. The Kier molecular flexibility index (Phi) is 4.44. The number of benzene rings is 1. The average molecular weight is 284 g/mol. The summed E-state index contributed by atoms with van der Waals surface area (Å²) in [6, 6.07) is 1.98. The molecule has 0 atom stereocenters. The van der Waals surface area contributed by atoms with E-state index in [2.05, 4.69) is 24.1 Å². The van der Waals surface area contributed by atoms with Gasteiger partial charge in [-0.3, -0.25) is 0 Å². The van der Waals surface area contributed by atoms with E-state index in [0.29, 0.717) is 18.4 Å². The Morgan fingerprint density at radius 3 is 2.65 bits per heavy atom. The number of aromatic nitrogens is 1. The summed E-state index contributed by atoms with van der Waals surface area (Å²) in [4.78, 5) is 3.97. The second kappa shape index (κ2) is 6.09. The maximum absolute atomic E-state index is 13.6. The van der Waals surface area contributed by atoms with Crippen molar-refractivity contribution in [3.8, 4) is 11.3 Å². The van der Waals surface area contributed by atoms with E-state index in [1.807, 2.05) is 0 Å². The van der Waals surface area contributed by atoms with Gasteiger partial charge in [0.15, 0.2) is 23.2 Å². The molecule has 0 radical (unpaired) electrons. The van der Waals surface area contributed by atoms with Gasteiger partial charge < -0.3 is 9.73 Å². The summed E-state index contributed by atoms with van der Waals surface area (Å²) in [5.41, 5.74) is -0.147. The summed E-state index contributed by atoms with van der Waals surface area (Å²) < 4.78 is 44.9. The second-order valence-electron chi connectivity index (χ2n) is 4.87. The zero-order chi connectivity index (χ0) is 14.7. The first-order valence-electron chi connectivity index (χ1n) is 6.28. The van der Waals surface area contributed by atoms with Crippen LogP contribution in [-0.4, -0.2) is 11.5 Å². The standard InChI is InChI=1S/C14H15F3N2O/c1-8(2)5-18-7-12-19-6-11(20-12)9-3-4-10(15)14(17)13(9)16/h3-4,6,8,18H,5,7H2,1-2H3. The number of halogens is 3. The van der Waals surface area contributed by atoms with E-state index < -0.39 is 17.5 Å². The summed E-state index contributed by atoms with van der Waals surface area (Å²) in [7, 11) is 0. The molecule has 2 aromatic rings. The first kappa shape index (κ1) is 14.6. The van der Waals surface area contributed by atoms with Crippen LogP contribution in [0.25, 0.3) is 11.3 Å². The van der Waals surface area contributed by atoms with Crippen molar-refractivity contribution in [2.24, 2.45) is 5.92 Å². The molecule has 20 heavy (non-hydrogen) atoms. The van der Waals surface area contributed by atoms with Crippen molar-refractivity contribution in [2.75, 3.05) is 6.54 Å². The molecule has 0 aliphatic heterocycles. The highest BCUT2D eigenvalue weighted by atomic mass is 19.2. The van der Waals surface area contributed by atoms with Gasteiger partial charge in [0.25, 0.3) is 0 Å². The van der Waals surface area contributed by atoms with E-state index in [1.165, 1.54) is 6.20 Å². The highest BCUT2D eigenvalue weighted by Crippen LogP contribution is 2.26. The third kappa shape index (κ3) is 3.19. The average Bonchev–Trinajstić information content (AvgIpc) is 2.84. The zero-order valence-electron chi connectivity index (χ0n) is 11.2. The smallest absolute Gasteiger partial charge is 0.208 e. The Morgan fingerprint density at radius 2 is 1.95 bits per heavy atom. The van der Waals surface area contributed by atoms with Gasteiger partial charge in [-0.15, -0.1) is 0 Å². The SMILES string of the molecule is CC(C)CNCc1ncc(-c2ccc(F)c(F)c2F)o1. The lowest BCUT2D eigenvalue weighted by molar-refractivity contribution is 0.439. The Balaban J connectivity index is 2.15. The van der Waals surface area contributed by atoms with E-state index in [1.54, 1.807) is 0 Å². The number of nitrogens with one attached hydrogen (secondary N) is 1. The van der Waals surface area contributed by atoms with E-state index >= 15 is 0 Å². The molecular weight excluding hydrogens is 269 g/mol. The molecule has 0 saturated heterocycles. The molecule has 0 unspecified atom stereocenters. The molecule has 3 nitrogen and oxygen atoms in total. The fourth-order valence-corrected chi connectivity index (χ4v) is 1.70. The van der Waals surface area contributed by atoms with Crippen LogP contribution in [0.4, 0.5) is 13.2 Å². The number of oxazole rings is 1. The van der Waals surface area contributed by atoms with Crippen molar-refractivity contribution < 1.29 is 17.6 Å². The minimum Gasteiger partial charge on any atom is -0.439 e. The van der Waals surface area contributed by atoms with Crippen LogP contribution in [0.1, 0.15) is 19.7 Å². The maximum atomic E-state index is 13.6. The summed E-state index contributed by atoms with van der Waals surface area (Å²) >= 11 is 0. The number of nitrogens with zero attached hydrogens (tertiary/aromatic N) is 1. The molecule has 0 aliphatic rings. The molecule has 0 amide bonds. The van der Waals surface area contributed by atoms with Gasteiger partial charge in [0.1, 0.15) is 0 Å². The lowest BCUT2D eigenvalue weighted by Gasteiger charge is -2.04. The molecule has 0 saturated carbocycles. The van der Waals surface area contributed by atoms with Gasteiger partial charge in [0.2, 0.25) is 5.89 Å². The molecule has 2 rings (SSSR count). The molecule has 6 heteroatoms. The summed E-state index contributed by atoms with van der Waals surface area (Å²) in [5, 5.41) is 3.12. The minimum absolute atomic E-state index is 0.0720. The van der Waals surface area contributed by atoms with Gasteiger partial charge in [-0.05, 0) is 24.6 Å². The van der Waals surface area contributed by atoms with Gasteiger partial charge >= 0.3 is 0 Å². The van der Waals surface area contributed by atoms with Crippen LogP contribution in [0.5, 0.6) is 0 Å². The van der Waals surface area contributed by atoms with Crippen molar-refractivity contribution in [1.82, 2.24) is 10.3 Å². The topological polar surface area (TPSA) is 38.1 Å². The van der Waals surface area contributed by atoms with Crippen molar-refractivity contribution in [3.63, 3.8) is 0 Å². The third-order valence-corrected chi connectivity index (χ3v) is 2.68. The first-order chi connectivity index (χ1) is 9.49. The lowest BCUT2D eigenvalue weighted by atomic mass is 10.1. The van der Waals surface area contributed by atoms with Crippen LogP contribution >= 0.6 is 0 Å². The molecule has 108 valence electrons. The van der Waals surface area contributed by atoms with E-state index in [-0.39, 0.29) is 11.3 Å². The molecule has 0 bridgehead atoms. The first-order valence-corrected chi connectivity index (χ1v) is 6.28. The lowest BCUT2D eigenvalue weighted by Crippen LogP contribution is -2.18. The molecule has 0 aliphatic carbocycles. The Labute approximate surface area is 114 Å². The summed E-state index contributed by atoms with van der Waals surface area (Å²) in [6.45, 7) is 5.30. The normalized spacial score (nSPS) is 11.3. The highest BCUT2D eigenvalue weighted by molar-refractivity contribution is 5.57. The maximum Gasteiger partial charge on any atom is 0.208 e. The van der Waals surface area contributed by atoms with Gasteiger partial charge in [-0.25, -0.2) is 18.2 Å². The van der Waals surface area contributed by atoms with Crippen molar-refractivity contribution in [1.29, 1.82) is 0 Å². The van der Waals surface area contributed by atoms with Gasteiger partial charge in [-0.1, -0.05) is 13.8 Å². The molecule has 1 aromatic heterocycles.